The van der Waals surface area contributed by atoms with E-state index in [4.69, 9.17) is 21.9 Å². The number of hydrogen-bond donors (Lipinski definition) is 2. The first-order valence-electron chi connectivity index (χ1n) is 6.31. The summed E-state index contributed by atoms with van der Waals surface area (Å²) in [6.45, 7) is 2.99. The van der Waals surface area contributed by atoms with Gasteiger partial charge in [-0.3, -0.25) is 4.79 Å². The molecule has 1 amide bonds. The first-order valence-corrected chi connectivity index (χ1v) is 6.69. The van der Waals surface area contributed by atoms with Crippen LogP contribution in [0, 0.1) is 5.92 Å². The molecule has 2 aromatic rings. The highest BCUT2D eigenvalue weighted by atomic mass is 35.5. The van der Waals surface area contributed by atoms with Gasteiger partial charge in [0.15, 0.2) is 11.5 Å². The summed E-state index contributed by atoms with van der Waals surface area (Å²) in [5.41, 5.74) is 6.51. The molecule has 0 saturated carbocycles. The molecule has 1 heterocycles. The Morgan fingerprint density at radius 2 is 2.30 bits per heavy atom. The number of hydrogen-bond acceptors (Lipinski definition) is 4. The van der Waals surface area contributed by atoms with Crippen LogP contribution in [-0.2, 0) is 0 Å². The maximum atomic E-state index is 11.9. The van der Waals surface area contributed by atoms with E-state index in [-0.39, 0.29) is 17.5 Å². The minimum Gasteiger partial charge on any atom is -0.355 e. The first kappa shape index (κ1) is 14.6. The lowest BCUT2D eigenvalue weighted by Crippen LogP contribution is -2.31. The minimum atomic E-state index is -0.276. The van der Waals surface area contributed by atoms with Crippen LogP contribution in [0.25, 0.3) is 11.3 Å². The van der Waals surface area contributed by atoms with Crippen molar-refractivity contribution < 1.29 is 9.32 Å². The molecule has 6 heteroatoms. The average molecular weight is 294 g/mol. The van der Waals surface area contributed by atoms with E-state index in [1.807, 2.05) is 19.1 Å². The van der Waals surface area contributed by atoms with Gasteiger partial charge in [-0.25, -0.2) is 0 Å². The van der Waals surface area contributed by atoms with Crippen LogP contribution in [0.1, 0.15) is 17.4 Å². The van der Waals surface area contributed by atoms with Crippen molar-refractivity contribution in [1.82, 2.24) is 10.5 Å². The van der Waals surface area contributed by atoms with Crippen molar-refractivity contribution in [2.45, 2.75) is 6.92 Å². The fourth-order valence-corrected chi connectivity index (χ4v) is 1.79. The van der Waals surface area contributed by atoms with Gasteiger partial charge in [0, 0.05) is 23.2 Å². The van der Waals surface area contributed by atoms with E-state index in [1.54, 1.807) is 18.2 Å². The van der Waals surface area contributed by atoms with Crippen molar-refractivity contribution in [3.05, 3.63) is 41.0 Å². The summed E-state index contributed by atoms with van der Waals surface area (Å²) in [7, 11) is 0. The molecule has 0 fully saturated rings. The molecule has 0 spiro atoms. The van der Waals surface area contributed by atoms with Gasteiger partial charge in [-0.15, -0.1) is 0 Å². The van der Waals surface area contributed by atoms with Crippen molar-refractivity contribution in [1.29, 1.82) is 0 Å². The Morgan fingerprint density at radius 3 is 3.00 bits per heavy atom. The zero-order valence-corrected chi connectivity index (χ0v) is 11.9. The van der Waals surface area contributed by atoms with E-state index >= 15 is 0 Å². The van der Waals surface area contributed by atoms with Gasteiger partial charge in [-0.2, -0.15) is 0 Å². The zero-order valence-electron chi connectivity index (χ0n) is 11.1. The molecule has 0 aliphatic heterocycles. The lowest BCUT2D eigenvalue weighted by molar-refractivity contribution is 0.0939. The molecule has 0 saturated heterocycles. The van der Waals surface area contributed by atoms with E-state index in [2.05, 4.69) is 10.5 Å². The molecule has 1 unspecified atom stereocenters. The molecule has 3 N–H and O–H groups in total. The lowest BCUT2D eigenvalue weighted by atomic mass is 10.1. The van der Waals surface area contributed by atoms with Crippen molar-refractivity contribution in [3.63, 3.8) is 0 Å². The number of rotatable bonds is 5. The Hall–Kier alpha value is -1.85. The third-order valence-corrected chi connectivity index (χ3v) is 3.10. The number of nitrogens with two attached hydrogens (primary N) is 1. The van der Waals surface area contributed by atoms with Crippen LogP contribution < -0.4 is 11.1 Å². The van der Waals surface area contributed by atoms with Crippen LogP contribution in [-0.4, -0.2) is 24.2 Å². The van der Waals surface area contributed by atoms with Gasteiger partial charge < -0.3 is 15.6 Å². The molecule has 0 radical (unpaired) electrons. The van der Waals surface area contributed by atoms with Crippen molar-refractivity contribution in [2.75, 3.05) is 13.1 Å². The molecular weight excluding hydrogens is 278 g/mol. The number of nitrogens with one attached hydrogen (secondary N) is 1. The van der Waals surface area contributed by atoms with Gasteiger partial charge in [0.1, 0.15) is 0 Å². The predicted octanol–water partition coefficient (Wildman–Crippen LogP) is 2.32. The summed E-state index contributed by atoms with van der Waals surface area (Å²) < 4.78 is 5.17. The van der Waals surface area contributed by atoms with Gasteiger partial charge in [-0.1, -0.05) is 35.8 Å². The Balaban J connectivity index is 2.07. The van der Waals surface area contributed by atoms with Crippen molar-refractivity contribution in [2.24, 2.45) is 11.7 Å². The number of carbonyl (C=O) groups is 1. The Labute approximate surface area is 122 Å². The van der Waals surface area contributed by atoms with Crippen LogP contribution in [0.5, 0.6) is 0 Å². The number of halogens is 1. The normalized spacial score (nSPS) is 12.2. The second kappa shape index (κ2) is 6.54. The van der Waals surface area contributed by atoms with Crippen molar-refractivity contribution >= 4 is 17.5 Å². The highest BCUT2D eigenvalue weighted by molar-refractivity contribution is 6.30. The highest BCUT2D eigenvalue weighted by Gasteiger charge is 2.14. The van der Waals surface area contributed by atoms with Gasteiger partial charge in [0.2, 0.25) is 0 Å². The molecule has 1 aromatic heterocycles. The largest absolute Gasteiger partial charge is 0.355 e. The second-order valence-electron chi connectivity index (χ2n) is 4.64. The maximum Gasteiger partial charge on any atom is 0.273 e. The van der Waals surface area contributed by atoms with E-state index in [0.717, 1.165) is 5.56 Å². The number of benzene rings is 1. The van der Waals surface area contributed by atoms with Gasteiger partial charge in [0.25, 0.3) is 5.91 Å². The summed E-state index contributed by atoms with van der Waals surface area (Å²) in [5, 5.41) is 7.12. The molecule has 0 aliphatic rings. The van der Waals surface area contributed by atoms with Crippen LogP contribution >= 0.6 is 11.6 Å². The van der Waals surface area contributed by atoms with Crippen LogP contribution in [0.15, 0.2) is 34.9 Å². The quantitative estimate of drug-likeness (QED) is 0.886. The monoisotopic (exact) mass is 293 g/mol. The number of amides is 1. The number of aromatic nitrogens is 1. The minimum absolute atomic E-state index is 0.221. The number of carbonyl (C=O) groups excluding carboxylic acids is 1. The lowest BCUT2D eigenvalue weighted by Gasteiger charge is -2.08. The Bertz CT molecular complexity index is 598. The van der Waals surface area contributed by atoms with Crippen molar-refractivity contribution in [3.8, 4) is 11.3 Å². The maximum absolute atomic E-state index is 11.9. The SMILES string of the molecule is CC(CN)CNC(=O)c1cc(-c2cccc(Cl)c2)on1. The van der Waals surface area contributed by atoms with Gasteiger partial charge in [-0.05, 0) is 24.6 Å². The van der Waals surface area contributed by atoms with E-state index in [9.17, 15) is 4.79 Å². The molecule has 0 aliphatic carbocycles. The molecule has 106 valence electrons. The smallest absolute Gasteiger partial charge is 0.273 e. The number of nitrogens with zero attached hydrogens (tertiary/aromatic N) is 1. The summed E-state index contributed by atoms with van der Waals surface area (Å²) in [5.74, 6) is 0.449. The predicted molar refractivity (Wildman–Crippen MR) is 77.5 cm³/mol. The fraction of sp³-hybridized carbons (Fsp3) is 0.286. The molecule has 0 bridgehead atoms. The third-order valence-electron chi connectivity index (χ3n) is 2.87. The molecule has 1 aromatic carbocycles. The molecule has 5 nitrogen and oxygen atoms in total. The van der Waals surface area contributed by atoms with Crippen LogP contribution in [0.3, 0.4) is 0 Å². The van der Waals surface area contributed by atoms with Gasteiger partial charge >= 0.3 is 0 Å². The van der Waals surface area contributed by atoms with E-state index in [0.29, 0.717) is 23.9 Å². The third kappa shape index (κ3) is 3.59. The van der Waals surface area contributed by atoms with Crippen LogP contribution in [0.4, 0.5) is 0 Å². The molecular formula is C14H16ClN3O2. The fourth-order valence-electron chi connectivity index (χ4n) is 1.60. The standard InChI is InChI=1S/C14H16ClN3O2/c1-9(7-16)8-17-14(19)12-6-13(20-18-12)10-3-2-4-11(15)5-10/h2-6,9H,7-8,16H2,1H3,(H,17,19). The molecule has 20 heavy (non-hydrogen) atoms. The topological polar surface area (TPSA) is 81.1 Å². The van der Waals surface area contributed by atoms with Gasteiger partial charge in [0.05, 0.1) is 0 Å². The summed E-state index contributed by atoms with van der Waals surface area (Å²) in [4.78, 5) is 11.9. The second-order valence-corrected chi connectivity index (χ2v) is 5.07. The molecule has 1 atom stereocenters. The summed E-state index contributed by atoms with van der Waals surface area (Å²) in [6, 6.07) is 8.76. The van der Waals surface area contributed by atoms with Crippen LogP contribution in [0.2, 0.25) is 5.02 Å². The average Bonchev–Trinajstić information content (AvgIpc) is 2.94. The first-order chi connectivity index (χ1) is 9.60. The summed E-state index contributed by atoms with van der Waals surface area (Å²) in [6.07, 6.45) is 0. The Kier molecular flexibility index (Phi) is 4.76. The highest BCUT2D eigenvalue weighted by Crippen LogP contribution is 2.23. The van der Waals surface area contributed by atoms with E-state index in [1.165, 1.54) is 0 Å². The zero-order chi connectivity index (χ0) is 14.5. The summed E-state index contributed by atoms with van der Waals surface area (Å²) >= 11 is 5.91. The Morgan fingerprint density at radius 1 is 1.50 bits per heavy atom. The van der Waals surface area contributed by atoms with E-state index < -0.39 is 0 Å². The molecule has 2 rings (SSSR count).